The van der Waals surface area contributed by atoms with Gasteiger partial charge < -0.3 is 4.74 Å². The van der Waals surface area contributed by atoms with Crippen LogP contribution in [0.1, 0.15) is 36.3 Å². The minimum absolute atomic E-state index is 0.118. The first-order chi connectivity index (χ1) is 12.1. The molecule has 0 amide bonds. The molecule has 0 bridgehead atoms. The predicted molar refractivity (Wildman–Crippen MR) is 100 cm³/mol. The number of carbonyl (C=O) groups is 1. The first-order valence-electron chi connectivity index (χ1n) is 8.58. The van der Waals surface area contributed by atoms with Gasteiger partial charge in [0, 0.05) is 23.4 Å². The van der Waals surface area contributed by atoms with Gasteiger partial charge in [-0.2, -0.15) is 0 Å². The summed E-state index contributed by atoms with van der Waals surface area (Å²) in [5.74, 6) is 0.926. The molecule has 2 aliphatic rings. The Kier molecular flexibility index (Phi) is 4.22. The Morgan fingerprint density at radius 3 is 2.48 bits per heavy atom. The lowest BCUT2D eigenvalue weighted by Crippen LogP contribution is -2.21. The van der Waals surface area contributed by atoms with Crippen LogP contribution in [0.2, 0.25) is 5.02 Å². The number of benzene rings is 2. The Bertz CT molecular complexity index is 849. The van der Waals surface area contributed by atoms with Crippen LogP contribution < -0.4 is 0 Å². The molecule has 0 radical (unpaired) electrons. The van der Waals surface area contributed by atoms with E-state index in [1.165, 1.54) is 0 Å². The van der Waals surface area contributed by atoms with Crippen LogP contribution in [-0.2, 0) is 9.53 Å². The fourth-order valence-corrected chi connectivity index (χ4v) is 3.90. The van der Waals surface area contributed by atoms with Crippen molar-refractivity contribution in [2.24, 2.45) is 0 Å². The van der Waals surface area contributed by atoms with Gasteiger partial charge in [-0.3, -0.25) is 4.79 Å². The number of ether oxygens (including phenoxy) is 1. The minimum atomic E-state index is -0.254. The number of halogens is 1. The molecule has 2 aromatic rings. The van der Waals surface area contributed by atoms with Gasteiger partial charge in [0.1, 0.15) is 11.9 Å². The Morgan fingerprint density at radius 1 is 1.04 bits per heavy atom. The van der Waals surface area contributed by atoms with Crippen LogP contribution in [-0.4, -0.2) is 11.9 Å². The molecule has 25 heavy (non-hydrogen) atoms. The van der Waals surface area contributed by atoms with Crippen molar-refractivity contribution in [1.29, 1.82) is 0 Å². The molecule has 1 aliphatic heterocycles. The molecule has 2 atom stereocenters. The number of ketones is 1. The highest BCUT2D eigenvalue weighted by Crippen LogP contribution is 2.47. The number of rotatable bonds is 3. The SMILES string of the molecule is C=C(c1ccccc1)[C@H]1OC2=C(C(=O)CCC2)[C@@H]1c1ccc(Cl)cc1. The van der Waals surface area contributed by atoms with Gasteiger partial charge >= 0.3 is 0 Å². The number of allylic oxidation sites excluding steroid dienone is 1. The van der Waals surface area contributed by atoms with E-state index < -0.39 is 0 Å². The molecule has 4 rings (SSSR count). The summed E-state index contributed by atoms with van der Waals surface area (Å²) in [7, 11) is 0. The lowest BCUT2D eigenvalue weighted by molar-refractivity contribution is -0.116. The highest BCUT2D eigenvalue weighted by Gasteiger charge is 2.43. The second-order valence-corrected chi connectivity index (χ2v) is 7.01. The molecular formula is C22H19ClO2. The molecule has 0 aromatic heterocycles. The van der Waals surface area contributed by atoms with Crippen molar-refractivity contribution in [2.75, 3.05) is 0 Å². The zero-order chi connectivity index (χ0) is 17.4. The summed E-state index contributed by atoms with van der Waals surface area (Å²) >= 11 is 6.05. The summed E-state index contributed by atoms with van der Waals surface area (Å²) in [4.78, 5) is 12.6. The fraction of sp³-hybridized carbons (Fsp3) is 0.227. The van der Waals surface area contributed by atoms with E-state index in [4.69, 9.17) is 16.3 Å². The van der Waals surface area contributed by atoms with Crippen LogP contribution in [0.15, 0.2) is 72.5 Å². The Balaban J connectivity index is 1.77. The van der Waals surface area contributed by atoms with E-state index in [2.05, 4.69) is 6.58 Å². The molecule has 0 spiro atoms. The molecule has 0 unspecified atom stereocenters. The Hall–Kier alpha value is -2.32. The number of Topliss-reactive ketones (excluding diaryl/α,β-unsaturated/α-hetero) is 1. The topological polar surface area (TPSA) is 26.3 Å². The highest BCUT2D eigenvalue weighted by molar-refractivity contribution is 6.30. The molecule has 0 N–H and O–H groups in total. The fourth-order valence-electron chi connectivity index (χ4n) is 3.78. The molecule has 0 fully saturated rings. The maximum absolute atomic E-state index is 12.6. The van der Waals surface area contributed by atoms with E-state index in [0.29, 0.717) is 11.4 Å². The second-order valence-electron chi connectivity index (χ2n) is 6.57. The molecule has 3 heteroatoms. The summed E-state index contributed by atoms with van der Waals surface area (Å²) in [6, 6.07) is 17.7. The van der Waals surface area contributed by atoms with E-state index in [1.54, 1.807) is 0 Å². The smallest absolute Gasteiger partial charge is 0.163 e. The van der Waals surface area contributed by atoms with Gasteiger partial charge in [-0.25, -0.2) is 0 Å². The summed E-state index contributed by atoms with van der Waals surface area (Å²) in [6.07, 6.45) is 2.02. The van der Waals surface area contributed by atoms with E-state index in [0.717, 1.165) is 40.9 Å². The van der Waals surface area contributed by atoms with Crippen molar-refractivity contribution < 1.29 is 9.53 Å². The van der Waals surface area contributed by atoms with Crippen molar-refractivity contribution in [1.82, 2.24) is 0 Å². The number of hydrogen-bond acceptors (Lipinski definition) is 2. The van der Waals surface area contributed by atoms with Gasteiger partial charge in [0.2, 0.25) is 0 Å². The van der Waals surface area contributed by atoms with E-state index in [-0.39, 0.29) is 17.8 Å². The summed E-state index contributed by atoms with van der Waals surface area (Å²) < 4.78 is 6.28. The maximum atomic E-state index is 12.6. The summed E-state index contributed by atoms with van der Waals surface area (Å²) in [5, 5.41) is 0.685. The average Bonchev–Trinajstić information content (AvgIpc) is 3.03. The lowest BCUT2D eigenvalue weighted by Gasteiger charge is -2.23. The summed E-state index contributed by atoms with van der Waals surface area (Å²) in [6.45, 7) is 4.29. The van der Waals surface area contributed by atoms with Crippen molar-refractivity contribution in [2.45, 2.75) is 31.3 Å². The Labute approximate surface area is 152 Å². The van der Waals surface area contributed by atoms with Crippen LogP contribution >= 0.6 is 11.6 Å². The second kappa shape index (κ2) is 6.53. The van der Waals surface area contributed by atoms with Gasteiger partial charge in [-0.1, -0.05) is 60.6 Å². The van der Waals surface area contributed by atoms with Gasteiger partial charge in [0.25, 0.3) is 0 Å². The van der Waals surface area contributed by atoms with Crippen LogP contribution in [0.4, 0.5) is 0 Å². The third-order valence-electron chi connectivity index (χ3n) is 5.01. The van der Waals surface area contributed by atoms with Gasteiger partial charge in [-0.15, -0.1) is 0 Å². The van der Waals surface area contributed by atoms with Crippen molar-refractivity contribution in [3.8, 4) is 0 Å². The van der Waals surface area contributed by atoms with Crippen LogP contribution in [0.3, 0.4) is 0 Å². The standard InChI is InChI=1S/C22H19ClO2/c1-14(15-6-3-2-4-7-15)22-20(16-10-12-17(23)13-11-16)21-18(24)8-5-9-19(21)25-22/h2-4,6-7,10-13,20,22H,1,5,8-9H2/t20-,22+/m0/s1. The van der Waals surface area contributed by atoms with Gasteiger partial charge in [-0.05, 0) is 35.3 Å². The van der Waals surface area contributed by atoms with Crippen molar-refractivity contribution in [3.63, 3.8) is 0 Å². The van der Waals surface area contributed by atoms with Crippen LogP contribution in [0.25, 0.3) is 5.57 Å². The van der Waals surface area contributed by atoms with Crippen LogP contribution in [0.5, 0.6) is 0 Å². The molecular weight excluding hydrogens is 332 g/mol. The maximum Gasteiger partial charge on any atom is 0.163 e. The molecule has 126 valence electrons. The third kappa shape index (κ3) is 2.91. The first kappa shape index (κ1) is 16.2. The predicted octanol–water partition coefficient (Wildman–Crippen LogP) is 5.54. The normalized spacial score (nSPS) is 22.5. The largest absolute Gasteiger partial charge is 0.489 e. The first-order valence-corrected chi connectivity index (χ1v) is 8.95. The quantitative estimate of drug-likeness (QED) is 0.726. The van der Waals surface area contributed by atoms with Gasteiger partial charge in [0.15, 0.2) is 5.78 Å². The molecule has 2 nitrogen and oxygen atoms in total. The zero-order valence-electron chi connectivity index (χ0n) is 13.9. The van der Waals surface area contributed by atoms with Crippen LogP contribution in [0, 0.1) is 0 Å². The molecule has 0 saturated carbocycles. The van der Waals surface area contributed by atoms with Gasteiger partial charge in [0.05, 0.1) is 5.92 Å². The summed E-state index contributed by atoms with van der Waals surface area (Å²) in [5.41, 5.74) is 3.82. The average molecular weight is 351 g/mol. The third-order valence-corrected chi connectivity index (χ3v) is 5.26. The lowest BCUT2D eigenvalue weighted by atomic mass is 9.79. The molecule has 1 aliphatic carbocycles. The molecule has 2 aromatic carbocycles. The molecule has 1 heterocycles. The van der Waals surface area contributed by atoms with Crippen molar-refractivity contribution >= 4 is 23.0 Å². The van der Waals surface area contributed by atoms with Crippen molar-refractivity contribution in [3.05, 3.63) is 88.7 Å². The van der Waals surface area contributed by atoms with E-state index in [9.17, 15) is 4.79 Å². The minimum Gasteiger partial charge on any atom is -0.489 e. The highest BCUT2D eigenvalue weighted by atomic mass is 35.5. The molecule has 0 saturated heterocycles. The monoisotopic (exact) mass is 350 g/mol. The Morgan fingerprint density at radius 2 is 1.76 bits per heavy atom. The number of carbonyl (C=O) groups excluding carboxylic acids is 1. The van der Waals surface area contributed by atoms with E-state index in [1.807, 2.05) is 54.6 Å². The van der Waals surface area contributed by atoms with E-state index >= 15 is 0 Å². The number of hydrogen-bond donors (Lipinski definition) is 0. The zero-order valence-corrected chi connectivity index (χ0v) is 14.6.